The molecule has 3 rings (SSSR count). The zero-order chi connectivity index (χ0) is 17.0. The van der Waals surface area contributed by atoms with Crippen LogP contribution in [0.5, 0.6) is 0 Å². The molecule has 1 aromatic carbocycles. The topological polar surface area (TPSA) is 32.3 Å². The van der Waals surface area contributed by atoms with Gasteiger partial charge in [-0.15, -0.1) is 0 Å². The van der Waals surface area contributed by atoms with Crippen LogP contribution in [0, 0.1) is 5.92 Å². The van der Waals surface area contributed by atoms with Gasteiger partial charge in [0.25, 0.3) is 0 Å². The summed E-state index contributed by atoms with van der Waals surface area (Å²) in [6, 6.07) is 8.28. The summed E-state index contributed by atoms with van der Waals surface area (Å²) in [7, 11) is 0. The highest BCUT2D eigenvalue weighted by Crippen LogP contribution is 2.44. The largest absolute Gasteiger partial charge is 0.355 e. The fourth-order valence-electron chi connectivity index (χ4n) is 4.03. The van der Waals surface area contributed by atoms with E-state index in [0.29, 0.717) is 5.92 Å². The Balaban J connectivity index is 1.54. The summed E-state index contributed by atoms with van der Waals surface area (Å²) in [6.07, 6.45) is 7.11. The van der Waals surface area contributed by atoms with Gasteiger partial charge in [0.15, 0.2) is 0 Å². The fraction of sp³-hybridized carbons (Fsp3) is 0.650. The van der Waals surface area contributed by atoms with Crippen LogP contribution in [0.25, 0.3) is 0 Å². The van der Waals surface area contributed by atoms with Crippen molar-refractivity contribution in [1.29, 1.82) is 0 Å². The Hall–Kier alpha value is -0.870. The maximum Gasteiger partial charge on any atom is 0.230 e. The maximum atomic E-state index is 12.9. The van der Waals surface area contributed by atoms with Gasteiger partial charge < -0.3 is 10.2 Å². The van der Waals surface area contributed by atoms with Gasteiger partial charge in [-0.25, -0.2) is 0 Å². The summed E-state index contributed by atoms with van der Waals surface area (Å²) in [4.78, 5) is 15.4. The van der Waals surface area contributed by atoms with Crippen molar-refractivity contribution in [1.82, 2.24) is 10.2 Å². The lowest BCUT2D eigenvalue weighted by atomic mass is 9.64. The molecule has 1 aliphatic carbocycles. The van der Waals surface area contributed by atoms with Crippen molar-refractivity contribution < 1.29 is 4.79 Å². The Labute approximate surface area is 154 Å². The van der Waals surface area contributed by atoms with Crippen LogP contribution < -0.4 is 5.32 Å². The van der Waals surface area contributed by atoms with Crippen LogP contribution in [0.2, 0.25) is 0 Å². The van der Waals surface area contributed by atoms with Gasteiger partial charge in [0.05, 0.1) is 5.41 Å². The summed E-state index contributed by atoms with van der Waals surface area (Å²) in [5, 5.41) is 3.25. The van der Waals surface area contributed by atoms with Crippen molar-refractivity contribution in [3.63, 3.8) is 0 Å². The first-order valence-corrected chi connectivity index (χ1v) is 10.2. The van der Waals surface area contributed by atoms with Crippen LogP contribution in [0.1, 0.15) is 51.0 Å². The number of halogens is 1. The molecule has 132 valence electrons. The van der Waals surface area contributed by atoms with E-state index in [-0.39, 0.29) is 11.3 Å². The lowest BCUT2D eigenvalue weighted by Gasteiger charge is -2.41. The zero-order valence-electron chi connectivity index (χ0n) is 14.7. The lowest BCUT2D eigenvalue weighted by Crippen LogP contribution is -2.50. The quantitative estimate of drug-likeness (QED) is 0.789. The number of hydrogen-bond donors (Lipinski definition) is 1. The standard InChI is InChI=1S/C20H29BrN2O/c1-16(15-23-12-3-2-4-13-23)14-22-19(24)20(10-5-11-20)17-6-8-18(21)9-7-17/h6-9,16H,2-5,10-15H2,1H3,(H,22,24). The molecule has 1 aliphatic heterocycles. The van der Waals surface area contributed by atoms with Crippen molar-refractivity contribution in [2.24, 2.45) is 5.92 Å². The van der Waals surface area contributed by atoms with Gasteiger partial charge in [-0.1, -0.05) is 47.8 Å². The average Bonchev–Trinajstić information content (AvgIpc) is 2.54. The highest BCUT2D eigenvalue weighted by Gasteiger charge is 2.45. The third-order valence-electron chi connectivity index (χ3n) is 5.67. The van der Waals surface area contributed by atoms with E-state index in [4.69, 9.17) is 0 Å². The van der Waals surface area contributed by atoms with Crippen LogP contribution in [0.3, 0.4) is 0 Å². The van der Waals surface area contributed by atoms with Crippen molar-refractivity contribution in [2.75, 3.05) is 26.2 Å². The molecule has 0 aromatic heterocycles. The third kappa shape index (κ3) is 4.02. The molecule has 0 bridgehead atoms. The summed E-state index contributed by atoms with van der Waals surface area (Å²) in [6.45, 7) is 6.59. The van der Waals surface area contributed by atoms with E-state index in [1.165, 1.54) is 32.4 Å². The molecule has 0 spiro atoms. The van der Waals surface area contributed by atoms with Crippen LogP contribution in [0.4, 0.5) is 0 Å². The molecule has 1 heterocycles. The highest BCUT2D eigenvalue weighted by atomic mass is 79.9. The number of nitrogens with one attached hydrogen (secondary N) is 1. The first-order valence-electron chi connectivity index (χ1n) is 9.37. The second kappa shape index (κ2) is 8.01. The summed E-state index contributed by atoms with van der Waals surface area (Å²) >= 11 is 3.48. The number of nitrogens with zero attached hydrogens (tertiary/aromatic N) is 1. The molecular weight excluding hydrogens is 364 g/mol. The smallest absolute Gasteiger partial charge is 0.230 e. The predicted octanol–water partition coefficient (Wildman–Crippen LogP) is 4.11. The van der Waals surface area contributed by atoms with E-state index in [9.17, 15) is 4.79 Å². The van der Waals surface area contributed by atoms with Gasteiger partial charge in [0.2, 0.25) is 5.91 Å². The number of amides is 1. The fourth-order valence-corrected chi connectivity index (χ4v) is 4.29. The number of likely N-dealkylation sites (tertiary alicyclic amines) is 1. The second-order valence-electron chi connectivity index (χ2n) is 7.62. The molecule has 2 fully saturated rings. The van der Waals surface area contributed by atoms with E-state index in [2.05, 4.69) is 45.2 Å². The molecule has 2 aliphatic rings. The van der Waals surface area contributed by atoms with Crippen LogP contribution in [0.15, 0.2) is 28.7 Å². The normalized spacial score (nSPS) is 21.8. The molecule has 1 atom stereocenters. The third-order valence-corrected chi connectivity index (χ3v) is 6.20. The Morgan fingerprint density at radius 1 is 1.17 bits per heavy atom. The minimum atomic E-state index is -0.286. The summed E-state index contributed by atoms with van der Waals surface area (Å²) in [5.74, 6) is 0.732. The molecule has 4 heteroatoms. The second-order valence-corrected chi connectivity index (χ2v) is 8.53. The van der Waals surface area contributed by atoms with Crippen LogP contribution >= 0.6 is 15.9 Å². The summed E-state index contributed by atoms with van der Waals surface area (Å²) < 4.78 is 1.07. The monoisotopic (exact) mass is 392 g/mol. The van der Waals surface area contributed by atoms with Crippen molar-refractivity contribution >= 4 is 21.8 Å². The average molecular weight is 393 g/mol. The molecule has 1 amide bonds. The minimum Gasteiger partial charge on any atom is -0.355 e. The first kappa shape index (κ1) is 17.9. The maximum absolute atomic E-state index is 12.9. The predicted molar refractivity (Wildman–Crippen MR) is 102 cm³/mol. The molecular formula is C20H29BrN2O. The van der Waals surface area contributed by atoms with E-state index >= 15 is 0 Å². The number of carbonyl (C=O) groups excluding carboxylic acids is 1. The SMILES string of the molecule is CC(CNC(=O)C1(c2ccc(Br)cc2)CCC1)CN1CCCCC1. The number of carbonyl (C=O) groups is 1. The summed E-state index contributed by atoms with van der Waals surface area (Å²) in [5.41, 5.74) is 0.879. The van der Waals surface area contributed by atoms with E-state index in [0.717, 1.165) is 42.4 Å². The molecule has 1 unspecified atom stereocenters. The number of rotatable bonds is 6. The van der Waals surface area contributed by atoms with E-state index < -0.39 is 0 Å². The van der Waals surface area contributed by atoms with Crippen molar-refractivity contribution in [3.05, 3.63) is 34.3 Å². The molecule has 24 heavy (non-hydrogen) atoms. The van der Waals surface area contributed by atoms with Crippen LogP contribution in [-0.4, -0.2) is 37.0 Å². The van der Waals surface area contributed by atoms with Gasteiger partial charge in [0.1, 0.15) is 0 Å². The number of benzene rings is 1. The van der Waals surface area contributed by atoms with Gasteiger partial charge in [0, 0.05) is 17.6 Å². The van der Waals surface area contributed by atoms with Crippen LogP contribution in [-0.2, 0) is 10.2 Å². The van der Waals surface area contributed by atoms with Gasteiger partial charge in [-0.3, -0.25) is 4.79 Å². The minimum absolute atomic E-state index is 0.224. The number of hydrogen-bond acceptors (Lipinski definition) is 2. The zero-order valence-corrected chi connectivity index (χ0v) is 16.3. The van der Waals surface area contributed by atoms with Gasteiger partial charge in [-0.05, 0) is 62.4 Å². The van der Waals surface area contributed by atoms with E-state index in [1.54, 1.807) is 0 Å². The van der Waals surface area contributed by atoms with Crippen molar-refractivity contribution in [3.8, 4) is 0 Å². The first-order chi connectivity index (χ1) is 11.6. The molecule has 3 nitrogen and oxygen atoms in total. The number of piperidine rings is 1. The lowest BCUT2D eigenvalue weighted by molar-refractivity contribution is -0.130. The Kier molecular flexibility index (Phi) is 5.98. The Bertz CT molecular complexity index is 547. The van der Waals surface area contributed by atoms with Crippen molar-refractivity contribution in [2.45, 2.75) is 50.9 Å². The molecule has 0 radical (unpaired) electrons. The van der Waals surface area contributed by atoms with Gasteiger partial charge in [-0.2, -0.15) is 0 Å². The molecule has 1 saturated carbocycles. The Morgan fingerprint density at radius 3 is 2.42 bits per heavy atom. The molecule has 1 N–H and O–H groups in total. The van der Waals surface area contributed by atoms with E-state index in [1.807, 2.05) is 12.1 Å². The highest BCUT2D eigenvalue weighted by molar-refractivity contribution is 9.10. The molecule has 1 aromatic rings. The Morgan fingerprint density at radius 2 is 1.83 bits per heavy atom. The van der Waals surface area contributed by atoms with Gasteiger partial charge >= 0.3 is 0 Å². The molecule has 1 saturated heterocycles.